The van der Waals surface area contributed by atoms with E-state index in [1.807, 2.05) is 12.1 Å². The highest BCUT2D eigenvalue weighted by Gasteiger charge is 2.07. The zero-order valence-electron chi connectivity index (χ0n) is 9.37. The Kier molecular flexibility index (Phi) is 3.15. The second kappa shape index (κ2) is 4.75. The number of hydrogen-bond donors (Lipinski definition) is 2. The molecule has 3 N–H and O–H groups in total. The fourth-order valence-electron chi connectivity index (χ4n) is 1.28. The van der Waals surface area contributed by atoms with Crippen LogP contribution in [0.15, 0.2) is 36.7 Å². The number of nitrogens with one attached hydrogen (secondary N) is 1. The lowest BCUT2D eigenvalue weighted by atomic mass is 10.2. The third-order valence-electron chi connectivity index (χ3n) is 2.20. The van der Waals surface area contributed by atoms with Gasteiger partial charge in [-0.05, 0) is 31.2 Å². The Morgan fingerprint density at radius 1 is 1.29 bits per heavy atom. The van der Waals surface area contributed by atoms with Gasteiger partial charge >= 0.3 is 0 Å². The molecule has 17 heavy (non-hydrogen) atoms. The Morgan fingerprint density at radius 2 is 1.88 bits per heavy atom. The van der Waals surface area contributed by atoms with E-state index in [2.05, 4.69) is 15.5 Å². The average Bonchev–Trinajstić information content (AvgIpc) is 2.83. The SMILES string of the molecule is C[C@@H](N)C(=O)Nc1ccc(-n2nccn2)cc1. The molecule has 1 aromatic carbocycles. The number of hydrogen-bond acceptors (Lipinski definition) is 4. The fourth-order valence-corrected chi connectivity index (χ4v) is 1.28. The first-order valence-electron chi connectivity index (χ1n) is 5.20. The van der Waals surface area contributed by atoms with Crippen LogP contribution in [0.5, 0.6) is 0 Å². The van der Waals surface area contributed by atoms with Crippen molar-refractivity contribution in [2.45, 2.75) is 13.0 Å². The summed E-state index contributed by atoms with van der Waals surface area (Å²) < 4.78 is 0. The molecule has 0 aliphatic rings. The van der Waals surface area contributed by atoms with Gasteiger partial charge in [-0.25, -0.2) is 0 Å². The molecule has 88 valence electrons. The molecule has 6 nitrogen and oxygen atoms in total. The van der Waals surface area contributed by atoms with Crippen molar-refractivity contribution >= 4 is 11.6 Å². The van der Waals surface area contributed by atoms with Crippen LogP contribution in [-0.2, 0) is 4.79 Å². The van der Waals surface area contributed by atoms with Crippen molar-refractivity contribution in [1.29, 1.82) is 0 Å². The molecule has 0 unspecified atom stereocenters. The average molecular weight is 231 g/mol. The molecule has 1 aromatic heterocycles. The first kappa shape index (κ1) is 11.3. The molecule has 0 aliphatic carbocycles. The molecular weight excluding hydrogens is 218 g/mol. The first-order chi connectivity index (χ1) is 8.16. The third kappa shape index (κ3) is 2.67. The Morgan fingerprint density at radius 3 is 2.41 bits per heavy atom. The van der Waals surface area contributed by atoms with Gasteiger partial charge in [-0.1, -0.05) is 0 Å². The van der Waals surface area contributed by atoms with Gasteiger partial charge in [0.15, 0.2) is 0 Å². The molecule has 0 aliphatic heterocycles. The van der Waals surface area contributed by atoms with Crippen LogP contribution < -0.4 is 11.1 Å². The number of anilines is 1. The monoisotopic (exact) mass is 231 g/mol. The smallest absolute Gasteiger partial charge is 0.240 e. The van der Waals surface area contributed by atoms with Crippen LogP contribution in [0, 0.1) is 0 Å². The van der Waals surface area contributed by atoms with Gasteiger partial charge in [-0.15, -0.1) is 0 Å². The zero-order valence-corrected chi connectivity index (χ0v) is 9.37. The third-order valence-corrected chi connectivity index (χ3v) is 2.20. The maximum absolute atomic E-state index is 11.4. The van der Waals surface area contributed by atoms with Crippen LogP contribution in [0.4, 0.5) is 5.69 Å². The number of nitrogens with two attached hydrogens (primary N) is 1. The lowest BCUT2D eigenvalue weighted by molar-refractivity contribution is -0.117. The summed E-state index contributed by atoms with van der Waals surface area (Å²) in [6.07, 6.45) is 3.21. The highest BCUT2D eigenvalue weighted by atomic mass is 16.2. The van der Waals surface area contributed by atoms with E-state index >= 15 is 0 Å². The normalized spacial score (nSPS) is 12.1. The molecule has 2 rings (SSSR count). The minimum absolute atomic E-state index is 0.213. The zero-order chi connectivity index (χ0) is 12.3. The summed E-state index contributed by atoms with van der Waals surface area (Å²) in [5, 5.41) is 10.7. The van der Waals surface area contributed by atoms with Crippen molar-refractivity contribution in [2.24, 2.45) is 5.73 Å². The van der Waals surface area contributed by atoms with E-state index < -0.39 is 6.04 Å². The van der Waals surface area contributed by atoms with Crippen molar-refractivity contribution in [3.63, 3.8) is 0 Å². The molecule has 6 heteroatoms. The van der Waals surface area contributed by atoms with E-state index in [1.165, 1.54) is 4.80 Å². The predicted molar refractivity (Wildman–Crippen MR) is 63.6 cm³/mol. The summed E-state index contributed by atoms with van der Waals surface area (Å²) in [6, 6.07) is 6.66. The summed E-state index contributed by atoms with van der Waals surface area (Å²) in [6.45, 7) is 1.64. The van der Waals surface area contributed by atoms with Crippen LogP contribution in [0.2, 0.25) is 0 Å². The van der Waals surface area contributed by atoms with Gasteiger partial charge < -0.3 is 11.1 Å². The molecule has 0 saturated carbocycles. The van der Waals surface area contributed by atoms with Crippen LogP contribution in [-0.4, -0.2) is 26.9 Å². The van der Waals surface area contributed by atoms with Crippen LogP contribution >= 0.6 is 0 Å². The molecule has 0 radical (unpaired) electrons. The van der Waals surface area contributed by atoms with Crippen molar-refractivity contribution in [1.82, 2.24) is 15.0 Å². The number of rotatable bonds is 3. The van der Waals surface area contributed by atoms with Crippen molar-refractivity contribution in [2.75, 3.05) is 5.32 Å². The Balaban J connectivity index is 2.11. The van der Waals surface area contributed by atoms with Gasteiger partial charge in [-0.2, -0.15) is 15.0 Å². The highest BCUT2D eigenvalue weighted by molar-refractivity contribution is 5.94. The number of benzene rings is 1. The van der Waals surface area contributed by atoms with E-state index in [0.717, 1.165) is 5.69 Å². The maximum atomic E-state index is 11.4. The molecule has 0 spiro atoms. The standard InChI is InChI=1S/C11H13N5O/c1-8(12)11(17)15-9-2-4-10(5-3-9)16-13-6-7-14-16/h2-8H,12H2,1H3,(H,15,17)/t8-/m1/s1. The number of amides is 1. The Labute approximate surface area is 98.4 Å². The van der Waals surface area contributed by atoms with E-state index in [9.17, 15) is 4.79 Å². The topological polar surface area (TPSA) is 85.8 Å². The molecule has 0 saturated heterocycles. The predicted octanol–water partition coefficient (Wildman–Crippen LogP) is 0.553. The molecule has 2 aromatic rings. The van der Waals surface area contributed by atoms with Crippen molar-refractivity contribution in [3.8, 4) is 5.69 Å². The molecular formula is C11H13N5O. The first-order valence-corrected chi connectivity index (χ1v) is 5.20. The highest BCUT2D eigenvalue weighted by Crippen LogP contribution is 2.11. The van der Waals surface area contributed by atoms with E-state index in [1.54, 1.807) is 31.5 Å². The second-order valence-corrected chi connectivity index (χ2v) is 3.64. The van der Waals surface area contributed by atoms with Gasteiger partial charge in [0.25, 0.3) is 0 Å². The van der Waals surface area contributed by atoms with Crippen molar-refractivity contribution in [3.05, 3.63) is 36.7 Å². The summed E-state index contributed by atoms with van der Waals surface area (Å²) in [5.41, 5.74) is 6.98. The quantitative estimate of drug-likeness (QED) is 0.807. The molecule has 0 fully saturated rings. The largest absolute Gasteiger partial charge is 0.325 e. The lowest BCUT2D eigenvalue weighted by Crippen LogP contribution is -2.32. The van der Waals surface area contributed by atoms with E-state index in [4.69, 9.17) is 5.73 Å². The number of nitrogens with zero attached hydrogens (tertiary/aromatic N) is 3. The minimum atomic E-state index is -0.526. The summed E-state index contributed by atoms with van der Waals surface area (Å²) in [4.78, 5) is 12.9. The molecule has 1 heterocycles. The van der Waals surface area contributed by atoms with E-state index in [0.29, 0.717) is 5.69 Å². The van der Waals surface area contributed by atoms with E-state index in [-0.39, 0.29) is 5.91 Å². The maximum Gasteiger partial charge on any atom is 0.240 e. The lowest BCUT2D eigenvalue weighted by Gasteiger charge is -2.08. The van der Waals surface area contributed by atoms with Gasteiger partial charge in [0.1, 0.15) is 0 Å². The van der Waals surface area contributed by atoms with Gasteiger partial charge in [-0.3, -0.25) is 4.79 Å². The second-order valence-electron chi connectivity index (χ2n) is 3.64. The molecule has 1 atom stereocenters. The van der Waals surface area contributed by atoms with Gasteiger partial charge in [0.2, 0.25) is 5.91 Å². The number of aromatic nitrogens is 3. The number of carbonyl (C=O) groups excluding carboxylic acids is 1. The Hall–Kier alpha value is -2.21. The summed E-state index contributed by atoms with van der Waals surface area (Å²) in [5.74, 6) is -0.213. The van der Waals surface area contributed by atoms with Gasteiger partial charge in [0, 0.05) is 5.69 Å². The Bertz CT molecular complexity index is 489. The van der Waals surface area contributed by atoms with Crippen LogP contribution in [0.3, 0.4) is 0 Å². The molecule has 1 amide bonds. The van der Waals surface area contributed by atoms with Crippen LogP contribution in [0.25, 0.3) is 5.69 Å². The number of carbonyl (C=O) groups is 1. The molecule has 0 bridgehead atoms. The fraction of sp³-hybridized carbons (Fsp3) is 0.182. The summed E-state index contributed by atoms with van der Waals surface area (Å²) in [7, 11) is 0. The van der Waals surface area contributed by atoms with Crippen LogP contribution in [0.1, 0.15) is 6.92 Å². The summed E-state index contributed by atoms with van der Waals surface area (Å²) >= 11 is 0. The minimum Gasteiger partial charge on any atom is -0.325 e. The van der Waals surface area contributed by atoms with Gasteiger partial charge in [0.05, 0.1) is 24.1 Å². The van der Waals surface area contributed by atoms with Crippen molar-refractivity contribution < 1.29 is 4.79 Å².